The first kappa shape index (κ1) is 16.1. The molecule has 1 spiro atoms. The number of nitrogens with one attached hydrogen (secondary N) is 2. The molecule has 2 aliphatic rings. The number of ether oxygens (including phenoxy) is 1. The Morgan fingerprint density at radius 1 is 1.28 bits per heavy atom. The van der Waals surface area contributed by atoms with Crippen LogP contribution < -0.4 is 5.32 Å². The first-order valence-electron chi connectivity index (χ1n) is 8.96. The zero-order valence-electron chi connectivity index (χ0n) is 14.6. The van der Waals surface area contributed by atoms with Crippen LogP contribution in [-0.4, -0.2) is 27.4 Å². The van der Waals surface area contributed by atoms with Gasteiger partial charge in [-0.15, -0.1) is 0 Å². The van der Waals surface area contributed by atoms with Crippen molar-refractivity contribution in [1.29, 1.82) is 0 Å². The Kier molecular flexibility index (Phi) is 3.78. The van der Waals surface area contributed by atoms with Gasteiger partial charge >= 0.3 is 5.97 Å². The fourth-order valence-corrected chi connectivity index (χ4v) is 4.32. The van der Waals surface area contributed by atoms with Crippen LogP contribution in [0.1, 0.15) is 49.7 Å². The molecule has 2 aromatic rings. The molecule has 2 heterocycles. The third-order valence-electron chi connectivity index (χ3n) is 5.88. The maximum absolute atomic E-state index is 13.0. The Morgan fingerprint density at radius 3 is 2.80 bits per heavy atom. The summed E-state index contributed by atoms with van der Waals surface area (Å²) in [7, 11) is 0. The van der Waals surface area contributed by atoms with Crippen LogP contribution in [0.2, 0.25) is 0 Å². The lowest BCUT2D eigenvalue weighted by atomic mass is 9.75. The lowest BCUT2D eigenvalue weighted by Crippen LogP contribution is -2.43. The molecule has 2 fully saturated rings. The van der Waals surface area contributed by atoms with Gasteiger partial charge in [-0.25, -0.2) is 4.98 Å². The molecule has 1 aliphatic heterocycles. The van der Waals surface area contributed by atoms with E-state index in [1.807, 2.05) is 19.9 Å². The Labute approximate surface area is 146 Å². The van der Waals surface area contributed by atoms with Crippen LogP contribution in [-0.2, 0) is 14.3 Å². The average Bonchev–Trinajstić information content (AvgIpc) is 3.18. The number of imidazole rings is 1. The van der Waals surface area contributed by atoms with Crippen molar-refractivity contribution < 1.29 is 14.3 Å². The maximum Gasteiger partial charge on any atom is 0.307 e. The Bertz CT molecular complexity index is 849. The zero-order chi connectivity index (χ0) is 17.6. The van der Waals surface area contributed by atoms with E-state index in [1.165, 1.54) is 0 Å². The molecule has 0 radical (unpaired) electrons. The number of hydrogen-bond acceptors (Lipinski definition) is 4. The predicted octanol–water partition coefficient (Wildman–Crippen LogP) is 3.38. The number of benzene rings is 1. The van der Waals surface area contributed by atoms with Gasteiger partial charge in [-0.2, -0.15) is 0 Å². The monoisotopic (exact) mass is 341 g/mol. The molecular weight excluding hydrogens is 318 g/mol. The van der Waals surface area contributed by atoms with E-state index < -0.39 is 11.5 Å². The molecule has 6 nitrogen and oxygen atoms in total. The van der Waals surface area contributed by atoms with E-state index in [1.54, 1.807) is 6.33 Å². The number of amides is 1. The fraction of sp³-hybridized carbons (Fsp3) is 0.526. The van der Waals surface area contributed by atoms with Crippen molar-refractivity contribution in [2.75, 3.05) is 5.32 Å². The molecule has 2 N–H and O–H groups in total. The van der Waals surface area contributed by atoms with Crippen LogP contribution in [0, 0.1) is 19.8 Å². The molecule has 1 amide bonds. The molecule has 1 saturated carbocycles. The third-order valence-corrected chi connectivity index (χ3v) is 5.88. The highest BCUT2D eigenvalue weighted by atomic mass is 16.6. The number of aromatic amines is 1. The summed E-state index contributed by atoms with van der Waals surface area (Å²) < 4.78 is 5.66. The van der Waals surface area contributed by atoms with Crippen molar-refractivity contribution in [2.24, 2.45) is 5.92 Å². The minimum absolute atomic E-state index is 0.117. The van der Waals surface area contributed by atoms with E-state index in [-0.39, 0.29) is 18.3 Å². The summed E-state index contributed by atoms with van der Waals surface area (Å²) in [4.78, 5) is 32.3. The van der Waals surface area contributed by atoms with Gasteiger partial charge in [0.05, 0.1) is 29.7 Å². The maximum atomic E-state index is 13.0. The minimum Gasteiger partial charge on any atom is -0.458 e. The van der Waals surface area contributed by atoms with Gasteiger partial charge in [-0.05, 0) is 56.7 Å². The van der Waals surface area contributed by atoms with Crippen LogP contribution >= 0.6 is 0 Å². The Morgan fingerprint density at radius 2 is 2.04 bits per heavy atom. The molecule has 1 unspecified atom stereocenters. The summed E-state index contributed by atoms with van der Waals surface area (Å²) in [6, 6.07) is 1.91. The van der Waals surface area contributed by atoms with Gasteiger partial charge in [0, 0.05) is 5.69 Å². The number of esters is 1. The summed E-state index contributed by atoms with van der Waals surface area (Å²) >= 11 is 0. The average molecular weight is 341 g/mol. The highest BCUT2D eigenvalue weighted by molar-refractivity contribution is 5.99. The molecule has 1 atom stereocenters. The quantitative estimate of drug-likeness (QED) is 0.820. The summed E-state index contributed by atoms with van der Waals surface area (Å²) in [5, 5.41) is 3.05. The molecule has 1 aliphatic carbocycles. The molecule has 4 rings (SSSR count). The number of carbonyl (C=O) groups excluding carboxylic acids is 2. The third kappa shape index (κ3) is 2.60. The lowest BCUT2D eigenvalue weighted by Gasteiger charge is -2.36. The van der Waals surface area contributed by atoms with Gasteiger partial charge in [0.2, 0.25) is 5.91 Å². The van der Waals surface area contributed by atoms with Crippen molar-refractivity contribution in [3.05, 3.63) is 23.5 Å². The summed E-state index contributed by atoms with van der Waals surface area (Å²) in [6.07, 6.45) is 6.56. The minimum atomic E-state index is -0.597. The molecule has 1 saturated heterocycles. The summed E-state index contributed by atoms with van der Waals surface area (Å²) in [5.74, 6) is -0.773. The van der Waals surface area contributed by atoms with Gasteiger partial charge in [0.15, 0.2) is 0 Å². The van der Waals surface area contributed by atoms with Crippen LogP contribution in [0.15, 0.2) is 12.4 Å². The second-order valence-electron chi connectivity index (χ2n) is 7.32. The molecular formula is C19H23N3O3. The fourth-order valence-electron chi connectivity index (χ4n) is 4.32. The highest BCUT2D eigenvalue weighted by Gasteiger charge is 2.52. The zero-order valence-corrected chi connectivity index (χ0v) is 14.6. The van der Waals surface area contributed by atoms with Gasteiger partial charge < -0.3 is 15.0 Å². The SMILES string of the molecule is Cc1c(NC(=O)C2CC(=O)OC23CCCCC3)cc2[nH]cnc2c1C. The van der Waals surface area contributed by atoms with Crippen LogP contribution in [0.3, 0.4) is 0 Å². The van der Waals surface area contributed by atoms with Gasteiger partial charge in [0.25, 0.3) is 0 Å². The van der Waals surface area contributed by atoms with Crippen molar-refractivity contribution in [1.82, 2.24) is 9.97 Å². The van der Waals surface area contributed by atoms with Crippen LogP contribution in [0.4, 0.5) is 5.69 Å². The van der Waals surface area contributed by atoms with E-state index in [4.69, 9.17) is 4.74 Å². The number of aromatic nitrogens is 2. The number of anilines is 1. The van der Waals surface area contributed by atoms with Crippen molar-refractivity contribution in [3.8, 4) is 0 Å². The summed E-state index contributed by atoms with van der Waals surface area (Å²) in [6.45, 7) is 3.98. The Balaban J connectivity index is 1.63. The largest absolute Gasteiger partial charge is 0.458 e. The number of carbonyl (C=O) groups is 2. The molecule has 1 aromatic carbocycles. The van der Waals surface area contributed by atoms with E-state index in [9.17, 15) is 9.59 Å². The van der Waals surface area contributed by atoms with Crippen molar-refractivity contribution in [2.45, 2.75) is 58.0 Å². The van der Waals surface area contributed by atoms with Crippen molar-refractivity contribution in [3.63, 3.8) is 0 Å². The Hall–Kier alpha value is -2.37. The standard InChI is InChI=1S/C19H23N3O3/c1-11-12(2)17-15(20-10-21-17)9-14(11)22-18(24)13-8-16(23)25-19(13)6-4-3-5-7-19/h9-10,13H,3-8H2,1-2H3,(H,20,21)(H,22,24). The number of hydrogen-bond donors (Lipinski definition) is 2. The first-order chi connectivity index (χ1) is 12.0. The van der Waals surface area contributed by atoms with E-state index in [0.717, 1.165) is 60.0 Å². The second kappa shape index (κ2) is 5.86. The first-order valence-corrected chi connectivity index (χ1v) is 8.96. The van der Waals surface area contributed by atoms with E-state index in [2.05, 4.69) is 15.3 Å². The number of fused-ring (bicyclic) bond motifs is 1. The van der Waals surface area contributed by atoms with Gasteiger partial charge in [0.1, 0.15) is 5.60 Å². The van der Waals surface area contributed by atoms with Crippen LogP contribution in [0.5, 0.6) is 0 Å². The normalized spacial score (nSPS) is 22.3. The van der Waals surface area contributed by atoms with Crippen LogP contribution in [0.25, 0.3) is 11.0 Å². The number of rotatable bonds is 2. The topological polar surface area (TPSA) is 84.1 Å². The summed E-state index contributed by atoms with van der Waals surface area (Å²) in [5.41, 5.74) is 4.02. The second-order valence-corrected chi connectivity index (χ2v) is 7.32. The molecule has 6 heteroatoms. The van der Waals surface area contributed by atoms with E-state index in [0.29, 0.717) is 0 Å². The molecule has 1 aromatic heterocycles. The lowest BCUT2D eigenvalue weighted by molar-refractivity contribution is -0.153. The number of aryl methyl sites for hydroxylation is 1. The molecule has 0 bridgehead atoms. The van der Waals surface area contributed by atoms with Gasteiger partial charge in [-0.1, -0.05) is 6.42 Å². The van der Waals surface area contributed by atoms with Crippen molar-refractivity contribution >= 4 is 28.6 Å². The van der Waals surface area contributed by atoms with E-state index >= 15 is 0 Å². The molecule has 25 heavy (non-hydrogen) atoms. The predicted molar refractivity (Wildman–Crippen MR) is 94.2 cm³/mol. The molecule has 132 valence electrons. The van der Waals surface area contributed by atoms with Gasteiger partial charge in [-0.3, -0.25) is 9.59 Å². The highest BCUT2D eigenvalue weighted by Crippen LogP contribution is 2.44. The smallest absolute Gasteiger partial charge is 0.307 e. The number of H-pyrrole nitrogens is 1. The number of nitrogens with zero attached hydrogens (tertiary/aromatic N) is 1.